The van der Waals surface area contributed by atoms with E-state index in [1.54, 1.807) is 23.3 Å². The van der Waals surface area contributed by atoms with E-state index in [1.807, 2.05) is 31.4 Å². The zero-order chi connectivity index (χ0) is 18.9. The molecule has 2 heterocycles. The van der Waals surface area contributed by atoms with Gasteiger partial charge in [-0.05, 0) is 30.2 Å². The van der Waals surface area contributed by atoms with E-state index in [-0.39, 0.29) is 36.3 Å². The molecule has 2 aliphatic rings. The van der Waals surface area contributed by atoms with Gasteiger partial charge < -0.3 is 10.2 Å². The van der Waals surface area contributed by atoms with Gasteiger partial charge in [-0.2, -0.15) is 0 Å². The summed E-state index contributed by atoms with van der Waals surface area (Å²) >= 11 is 1.59. The quantitative estimate of drug-likeness (QED) is 0.802. The molecule has 1 spiro atoms. The number of urea groups is 1. The van der Waals surface area contributed by atoms with Gasteiger partial charge in [-0.3, -0.25) is 14.5 Å². The highest BCUT2D eigenvalue weighted by atomic mass is 32.1. The van der Waals surface area contributed by atoms with Crippen LogP contribution in [-0.4, -0.2) is 46.8 Å². The first-order chi connectivity index (χ1) is 12.4. The van der Waals surface area contributed by atoms with Crippen molar-refractivity contribution < 1.29 is 14.4 Å². The molecule has 1 aromatic rings. The zero-order valence-corrected chi connectivity index (χ0v) is 16.5. The minimum atomic E-state index is -0.735. The van der Waals surface area contributed by atoms with E-state index in [1.165, 1.54) is 0 Å². The van der Waals surface area contributed by atoms with Gasteiger partial charge in [-0.25, -0.2) is 4.79 Å². The van der Waals surface area contributed by atoms with Gasteiger partial charge in [0.15, 0.2) is 0 Å². The van der Waals surface area contributed by atoms with Crippen LogP contribution < -0.4 is 5.32 Å². The molecule has 0 bridgehead atoms. The van der Waals surface area contributed by atoms with E-state index in [9.17, 15) is 14.4 Å². The lowest BCUT2D eigenvalue weighted by Gasteiger charge is -2.35. The molecule has 2 fully saturated rings. The normalized spacial score (nSPS) is 20.9. The SMILES string of the molecule is CC(C)C(NC(=O)CN1C(=O)N(C)C2(CCCCC2)C1=O)c1cccs1. The summed E-state index contributed by atoms with van der Waals surface area (Å²) in [6.45, 7) is 3.88. The number of imide groups is 1. The number of nitrogens with one attached hydrogen (secondary N) is 1. The molecule has 1 aliphatic carbocycles. The lowest BCUT2D eigenvalue weighted by atomic mass is 9.81. The van der Waals surface area contributed by atoms with Gasteiger partial charge in [-0.15, -0.1) is 11.3 Å². The second-order valence-electron chi connectivity index (χ2n) is 7.63. The van der Waals surface area contributed by atoms with E-state index < -0.39 is 5.54 Å². The summed E-state index contributed by atoms with van der Waals surface area (Å²) in [5, 5.41) is 4.98. The van der Waals surface area contributed by atoms with Crippen LogP contribution in [0.4, 0.5) is 4.79 Å². The molecule has 4 amide bonds. The highest BCUT2D eigenvalue weighted by Crippen LogP contribution is 2.39. The highest BCUT2D eigenvalue weighted by molar-refractivity contribution is 7.10. The summed E-state index contributed by atoms with van der Waals surface area (Å²) in [5.74, 6) is -0.285. The fraction of sp³-hybridized carbons (Fsp3) is 0.632. The Hall–Kier alpha value is -1.89. The Morgan fingerprint density at radius 1 is 1.27 bits per heavy atom. The first kappa shape index (κ1) is 18.9. The number of thiophene rings is 1. The maximum Gasteiger partial charge on any atom is 0.327 e. The fourth-order valence-corrected chi connectivity index (χ4v) is 5.02. The summed E-state index contributed by atoms with van der Waals surface area (Å²) < 4.78 is 0. The summed E-state index contributed by atoms with van der Waals surface area (Å²) in [6.07, 6.45) is 4.36. The fourth-order valence-electron chi connectivity index (χ4n) is 4.07. The molecule has 1 saturated heterocycles. The van der Waals surface area contributed by atoms with Crippen LogP contribution in [0.2, 0.25) is 0 Å². The monoisotopic (exact) mass is 377 g/mol. The number of hydrogen-bond donors (Lipinski definition) is 1. The third-order valence-electron chi connectivity index (χ3n) is 5.62. The molecule has 0 radical (unpaired) electrons. The van der Waals surface area contributed by atoms with Crippen molar-refractivity contribution in [2.24, 2.45) is 5.92 Å². The smallest absolute Gasteiger partial charge is 0.327 e. The average Bonchev–Trinajstić information content (AvgIpc) is 3.21. The first-order valence-electron chi connectivity index (χ1n) is 9.29. The largest absolute Gasteiger partial charge is 0.347 e. The average molecular weight is 378 g/mol. The number of rotatable bonds is 5. The molecule has 26 heavy (non-hydrogen) atoms. The van der Waals surface area contributed by atoms with Crippen LogP contribution in [0.25, 0.3) is 0 Å². The predicted molar refractivity (Wildman–Crippen MR) is 101 cm³/mol. The molecule has 3 rings (SSSR count). The Bertz CT molecular complexity index is 680. The van der Waals surface area contributed by atoms with Gasteiger partial charge in [0.1, 0.15) is 12.1 Å². The number of carbonyl (C=O) groups excluding carboxylic acids is 3. The third kappa shape index (κ3) is 3.24. The minimum Gasteiger partial charge on any atom is -0.347 e. The lowest BCUT2D eigenvalue weighted by molar-refractivity contribution is -0.137. The van der Waals surface area contributed by atoms with Gasteiger partial charge in [0.2, 0.25) is 5.91 Å². The van der Waals surface area contributed by atoms with Gasteiger partial charge in [-0.1, -0.05) is 39.2 Å². The van der Waals surface area contributed by atoms with Crippen LogP contribution in [0.15, 0.2) is 17.5 Å². The van der Waals surface area contributed by atoms with E-state index in [4.69, 9.17) is 0 Å². The molecule has 0 aromatic carbocycles. The van der Waals surface area contributed by atoms with Crippen molar-refractivity contribution in [2.75, 3.05) is 13.6 Å². The van der Waals surface area contributed by atoms with Crippen LogP contribution in [0.5, 0.6) is 0 Å². The summed E-state index contributed by atoms with van der Waals surface area (Å²) in [4.78, 5) is 42.0. The molecule has 1 aromatic heterocycles. The number of amides is 4. The van der Waals surface area contributed by atoms with E-state index >= 15 is 0 Å². The Kier molecular flexibility index (Phi) is 5.37. The molecule has 7 heteroatoms. The second kappa shape index (κ2) is 7.39. The van der Waals surface area contributed by atoms with Gasteiger partial charge >= 0.3 is 6.03 Å². The van der Waals surface area contributed by atoms with Crippen molar-refractivity contribution in [3.05, 3.63) is 22.4 Å². The Morgan fingerprint density at radius 2 is 1.96 bits per heavy atom. The van der Waals surface area contributed by atoms with Crippen molar-refractivity contribution >= 4 is 29.2 Å². The van der Waals surface area contributed by atoms with Crippen molar-refractivity contribution in [1.29, 1.82) is 0 Å². The molecular formula is C19H27N3O3S. The van der Waals surface area contributed by atoms with Gasteiger partial charge in [0.25, 0.3) is 5.91 Å². The number of nitrogens with zero attached hydrogens (tertiary/aromatic N) is 2. The summed E-state index contributed by atoms with van der Waals surface area (Å²) in [6, 6.07) is 3.48. The molecule has 142 valence electrons. The van der Waals surface area contributed by atoms with Crippen LogP contribution in [-0.2, 0) is 9.59 Å². The van der Waals surface area contributed by atoms with Crippen molar-refractivity contribution in [3.8, 4) is 0 Å². The summed E-state index contributed by atoms with van der Waals surface area (Å²) in [5.41, 5.74) is -0.735. The zero-order valence-electron chi connectivity index (χ0n) is 15.7. The van der Waals surface area contributed by atoms with Crippen LogP contribution in [0, 0.1) is 5.92 Å². The third-order valence-corrected chi connectivity index (χ3v) is 6.57. The molecule has 1 aliphatic heterocycles. The number of hydrogen-bond acceptors (Lipinski definition) is 4. The number of likely N-dealkylation sites (N-methyl/N-ethyl adjacent to an activating group) is 1. The van der Waals surface area contributed by atoms with E-state index in [0.717, 1.165) is 29.0 Å². The number of carbonyl (C=O) groups is 3. The summed E-state index contributed by atoms with van der Waals surface area (Å²) in [7, 11) is 1.69. The Balaban J connectivity index is 1.71. The maximum absolute atomic E-state index is 13.0. The standard InChI is InChI=1S/C19H27N3O3S/c1-13(2)16(14-8-7-11-26-14)20-15(23)12-22-17(24)19(21(3)18(22)25)9-5-4-6-10-19/h7-8,11,13,16H,4-6,9-10,12H2,1-3H3,(H,20,23). The van der Waals surface area contributed by atoms with Crippen LogP contribution in [0.3, 0.4) is 0 Å². The predicted octanol–water partition coefficient (Wildman–Crippen LogP) is 3.16. The van der Waals surface area contributed by atoms with Crippen molar-refractivity contribution in [1.82, 2.24) is 15.1 Å². The maximum atomic E-state index is 13.0. The molecule has 1 N–H and O–H groups in total. The molecule has 6 nitrogen and oxygen atoms in total. The second-order valence-corrected chi connectivity index (χ2v) is 8.61. The van der Waals surface area contributed by atoms with Crippen molar-refractivity contribution in [3.63, 3.8) is 0 Å². The van der Waals surface area contributed by atoms with Gasteiger partial charge in [0.05, 0.1) is 6.04 Å². The molecule has 1 saturated carbocycles. The topological polar surface area (TPSA) is 69.7 Å². The van der Waals surface area contributed by atoms with Crippen LogP contribution >= 0.6 is 11.3 Å². The van der Waals surface area contributed by atoms with Crippen LogP contribution in [0.1, 0.15) is 56.9 Å². The van der Waals surface area contributed by atoms with Gasteiger partial charge in [0, 0.05) is 11.9 Å². The first-order valence-corrected chi connectivity index (χ1v) is 10.2. The van der Waals surface area contributed by atoms with E-state index in [0.29, 0.717) is 12.8 Å². The van der Waals surface area contributed by atoms with E-state index in [2.05, 4.69) is 5.32 Å². The highest BCUT2D eigenvalue weighted by Gasteiger charge is 2.55. The Labute approximate surface area is 158 Å². The molecule has 1 atom stereocenters. The molecular weight excluding hydrogens is 350 g/mol. The lowest BCUT2D eigenvalue weighted by Crippen LogP contribution is -2.49. The minimum absolute atomic E-state index is 0.114. The van der Waals surface area contributed by atoms with Crippen molar-refractivity contribution in [2.45, 2.75) is 57.5 Å². The Morgan fingerprint density at radius 3 is 2.54 bits per heavy atom. The molecule has 1 unspecified atom stereocenters.